The van der Waals surface area contributed by atoms with Crippen LogP contribution in [0.4, 0.5) is 15.8 Å². The first-order chi connectivity index (χ1) is 14.7. The van der Waals surface area contributed by atoms with Crippen LogP contribution in [-0.4, -0.2) is 27.7 Å². The Bertz CT molecular complexity index is 1100. The summed E-state index contributed by atoms with van der Waals surface area (Å²) in [5.74, 6) is 0.455. The Morgan fingerprint density at radius 3 is 2.45 bits per heavy atom. The molecule has 6 heteroatoms. The average Bonchev–Trinajstić information content (AvgIpc) is 3.32. The van der Waals surface area contributed by atoms with Gasteiger partial charge in [-0.2, -0.15) is 0 Å². The van der Waals surface area contributed by atoms with Gasteiger partial charge in [-0.25, -0.2) is 4.39 Å². The summed E-state index contributed by atoms with van der Waals surface area (Å²) >= 11 is 0. The summed E-state index contributed by atoms with van der Waals surface area (Å²) in [6.07, 6.45) is 5.77. The van der Waals surface area contributed by atoms with Crippen molar-refractivity contribution < 1.29 is 14.0 Å². The highest BCUT2D eigenvalue weighted by Crippen LogP contribution is 2.60. The Morgan fingerprint density at radius 1 is 1.19 bits per heavy atom. The topological polar surface area (TPSA) is 74.8 Å². The van der Waals surface area contributed by atoms with Gasteiger partial charge < -0.3 is 10.3 Å². The zero-order chi connectivity index (χ0) is 22.2. The number of alkyl halides is 1. The van der Waals surface area contributed by atoms with Crippen LogP contribution in [-0.2, 0) is 11.2 Å². The van der Waals surface area contributed by atoms with Crippen molar-refractivity contribution >= 4 is 23.4 Å². The standard InChI is InChI=1S/C21H19N3O.C4H7FO/c1-21-11-15(21)20(25)17-16(12-21)24-18(13-7-9-22-10-8-13)19(17)23-14-5-3-2-4-6-14;1-4(2,5)3-6/h2-10,15,23-24H,11-12H2,1H3;3H,1-2H3/t15-,21+;/m1./s1. The van der Waals surface area contributed by atoms with Gasteiger partial charge in [-0.15, -0.1) is 0 Å². The average molecular weight is 420 g/mol. The number of hydrogen-bond acceptors (Lipinski definition) is 4. The fraction of sp³-hybridized carbons (Fsp3) is 0.320. The summed E-state index contributed by atoms with van der Waals surface area (Å²) in [6, 6.07) is 14.0. The van der Waals surface area contributed by atoms with Crippen LogP contribution in [0.5, 0.6) is 0 Å². The Labute approximate surface area is 181 Å². The number of ketones is 1. The number of H-pyrrole nitrogens is 1. The molecule has 2 aromatic heterocycles. The van der Waals surface area contributed by atoms with Crippen LogP contribution in [0.3, 0.4) is 0 Å². The highest BCUT2D eigenvalue weighted by molar-refractivity contribution is 6.10. The van der Waals surface area contributed by atoms with E-state index in [1.165, 1.54) is 13.8 Å². The van der Waals surface area contributed by atoms with E-state index < -0.39 is 5.67 Å². The van der Waals surface area contributed by atoms with Gasteiger partial charge in [0.25, 0.3) is 0 Å². The van der Waals surface area contributed by atoms with E-state index in [9.17, 15) is 14.0 Å². The Balaban J connectivity index is 0.000000342. The molecule has 2 atom stereocenters. The van der Waals surface area contributed by atoms with Crippen molar-refractivity contribution in [3.05, 3.63) is 66.1 Å². The fourth-order valence-corrected chi connectivity index (χ4v) is 4.07. The molecule has 5 nitrogen and oxygen atoms in total. The van der Waals surface area contributed by atoms with Crippen LogP contribution in [0.15, 0.2) is 54.9 Å². The number of Topliss-reactive ketones (excluding diaryl/α,β-unsaturated/α-hetero) is 1. The molecule has 0 bridgehead atoms. The number of aldehydes is 1. The Kier molecular flexibility index (Phi) is 5.25. The lowest BCUT2D eigenvalue weighted by molar-refractivity contribution is -0.115. The lowest BCUT2D eigenvalue weighted by Crippen LogP contribution is -2.19. The molecule has 2 heterocycles. The first kappa shape index (κ1) is 21.0. The van der Waals surface area contributed by atoms with E-state index in [1.54, 1.807) is 12.4 Å². The number of fused-ring (bicyclic) bond motifs is 2. The number of halogens is 1. The minimum absolute atomic E-state index is 0.147. The first-order valence-electron chi connectivity index (χ1n) is 10.4. The number of benzene rings is 1. The lowest BCUT2D eigenvalue weighted by atomic mass is 9.87. The summed E-state index contributed by atoms with van der Waals surface area (Å²) in [4.78, 5) is 30.1. The Morgan fingerprint density at radius 2 is 1.84 bits per heavy atom. The summed E-state index contributed by atoms with van der Waals surface area (Å²) in [6.45, 7) is 4.63. The third-order valence-electron chi connectivity index (χ3n) is 5.87. The normalized spacial score (nSPS) is 21.3. The number of aromatic nitrogens is 2. The summed E-state index contributed by atoms with van der Waals surface area (Å²) in [5.41, 5.74) is 4.29. The number of anilines is 2. The van der Waals surface area contributed by atoms with Crippen molar-refractivity contribution in [2.45, 2.75) is 39.3 Å². The molecule has 1 saturated carbocycles. The van der Waals surface area contributed by atoms with Crippen LogP contribution >= 0.6 is 0 Å². The second-order valence-electron chi connectivity index (χ2n) is 9.09. The highest BCUT2D eigenvalue weighted by Gasteiger charge is 2.58. The molecule has 160 valence electrons. The van der Waals surface area contributed by atoms with E-state index in [0.717, 1.165) is 46.7 Å². The van der Waals surface area contributed by atoms with Crippen LogP contribution < -0.4 is 5.32 Å². The largest absolute Gasteiger partial charge is 0.356 e. The maximum absolute atomic E-state index is 13.0. The van der Waals surface area contributed by atoms with Crippen LogP contribution in [0.25, 0.3) is 11.3 Å². The molecule has 1 aromatic carbocycles. The van der Waals surface area contributed by atoms with Crippen molar-refractivity contribution in [1.29, 1.82) is 0 Å². The number of para-hydroxylation sites is 1. The minimum atomic E-state index is -1.64. The second-order valence-corrected chi connectivity index (χ2v) is 9.09. The van der Waals surface area contributed by atoms with E-state index in [0.29, 0.717) is 0 Å². The molecule has 2 aliphatic rings. The quantitative estimate of drug-likeness (QED) is 0.546. The number of nitrogens with zero attached hydrogens (tertiary/aromatic N) is 1. The molecule has 0 unspecified atom stereocenters. The number of pyridine rings is 1. The zero-order valence-corrected chi connectivity index (χ0v) is 17.9. The number of rotatable bonds is 4. The minimum Gasteiger partial charge on any atom is -0.356 e. The third kappa shape index (κ3) is 4.29. The van der Waals surface area contributed by atoms with E-state index in [2.05, 4.69) is 22.2 Å². The molecule has 1 fully saturated rings. The molecule has 0 radical (unpaired) electrons. The number of carbonyl (C=O) groups excluding carboxylic acids is 2. The number of carbonyl (C=O) groups is 2. The van der Waals surface area contributed by atoms with Crippen LogP contribution in [0.1, 0.15) is 43.2 Å². The van der Waals surface area contributed by atoms with Gasteiger partial charge in [-0.3, -0.25) is 14.6 Å². The third-order valence-corrected chi connectivity index (χ3v) is 5.87. The lowest BCUT2D eigenvalue weighted by Gasteiger charge is -2.18. The molecule has 2 aliphatic carbocycles. The molecule has 31 heavy (non-hydrogen) atoms. The highest BCUT2D eigenvalue weighted by atomic mass is 19.1. The molecular weight excluding hydrogens is 393 g/mol. The SMILES string of the molecule is CC(C)(F)C=O.C[C@]12Cc3[nH]c(-c4ccncc4)c(Nc4ccccc4)c3C(=O)[C@H]1C2. The van der Waals surface area contributed by atoms with E-state index in [4.69, 9.17) is 0 Å². The van der Waals surface area contributed by atoms with E-state index in [-0.39, 0.29) is 23.4 Å². The number of hydrogen-bond donors (Lipinski definition) is 2. The van der Waals surface area contributed by atoms with Gasteiger partial charge in [0.05, 0.1) is 16.9 Å². The number of nitrogens with one attached hydrogen (secondary N) is 2. The van der Waals surface area contributed by atoms with Gasteiger partial charge in [0.2, 0.25) is 0 Å². The maximum Gasteiger partial charge on any atom is 0.170 e. The van der Waals surface area contributed by atoms with Gasteiger partial charge in [0.1, 0.15) is 0 Å². The summed E-state index contributed by atoms with van der Waals surface area (Å²) in [7, 11) is 0. The van der Waals surface area contributed by atoms with Gasteiger partial charge in [-0.1, -0.05) is 25.1 Å². The van der Waals surface area contributed by atoms with Crippen molar-refractivity contribution in [2.75, 3.05) is 5.32 Å². The summed E-state index contributed by atoms with van der Waals surface area (Å²) < 4.78 is 11.8. The van der Waals surface area contributed by atoms with Crippen molar-refractivity contribution in [1.82, 2.24) is 9.97 Å². The molecule has 3 aromatic rings. The van der Waals surface area contributed by atoms with Crippen molar-refractivity contribution in [3.63, 3.8) is 0 Å². The van der Waals surface area contributed by atoms with Crippen LogP contribution in [0.2, 0.25) is 0 Å². The molecule has 0 spiro atoms. The van der Waals surface area contributed by atoms with Gasteiger partial charge in [0.15, 0.2) is 17.7 Å². The van der Waals surface area contributed by atoms with Crippen LogP contribution in [0, 0.1) is 11.3 Å². The van der Waals surface area contributed by atoms with E-state index >= 15 is 0 Å². The van der Waals surface area contributed by atoms with Crippen molar-refractivity contribution in [2.24, 2.45) is 11.3 Å². The fourth-order valence-electron chi connectivity index (χ4n) is 4.07. The molecule has 5 rings (SSSR count). The zero-order valence-electron chi connectivity index (χ0n) is 17.9. The smallest absolute Gasteiger partial charge is 0.170 e. The maximum atomic E-state index is 13.0. The predicted molar refractivity (Wildman–Crippen MR) is 119 cm³/mol. The monoisotopic (exact) mass is 419 g/mol. The molecule has 0 aliphatic heterocycles. The van der Waals surface area contributed by atoms with Gasteiger partial charge in [-0.05, 0) is 56.4 Å². The second kappa shape index (κ2) is 7.76. The molecule has 0 saturated heterocycles. The number of aromatic amines is 1. The van der Waals surface area contributed by atoms with E-state index in [1.807, 2.05) is 42.5 Å². The van der Waals surface area contributed by atoms with Gasteiger partial charge in [0, 0.05) is 35.3 Å². The van der Waals surface area contributed by atoms with Gasteiger partial charge >= 0.3 is 0 Å². The molecular formula is C25H26FN3O2. The predicted octanol–water partition coefficient (Wildman–Crippen LogP) is 5.52. The first-order valence-corrected chi connectivity index (χ1v) is 10.4. The molecule has 2 N–H and O–H groups in total. The van der Waals surface area contributed by atoms with Crippen molar-refractivity contribution in [3.8, 4) is 11.3 Å². The molecule has 0 amide bonds. The summed E-state index contributed by atoms with van der Waals surface area (Å²) in [5, 5.41) is 3.49. The Hall–Kier alpha value is -3.28.